The number of rotatable bonds is 3. The van der Waals surface area contributed by atoms with Crippen LogP contribution in [0.1, 0.15) is 17.3 Å². The molecule has 0 saturated heterocycles. The molecule has 0 aliphatic rings. The van der Waals surface area contributed by atoms with Gasteiger partial charge in [0.2, 0.25) is 5.88 Å². The van der Waals surface area contributed by atoms with Crippen molar-refractivity contribution in [2.75, 3.05) is 6.61 Å². The molecular formula is C7H11ClN2O2S. The molecule has 0 bridgehead atoms. The molecule has 0 unspecified atom stereocenters. The van der Waals surface area contributed by atoms with Crippen LogP contribution in [-0.4, -0.2) is 21.6 Å². The van der Waals surface area contributed by atoms with Crippen molar-refractivity contribution >= 4 is 30.3 Å². The lowest BCUT2D eigenvalue weighted by Gasteiger charge is -2.03. The van der Waals surface area contributed by atoms with E-state index in [2.05, 4.69) is 5.10 Å². The quantitative estimate of drug-likeness (QED) is 0.725. The van der Waals surface area contributed by atoms with Gasteiger partial charge in [-0.1, -0.05) is 0 Å². The van der Waals surface area contributed by atoms with E-state index in [0.29, 0.717) is 18.1 Å². The number of carbonyl (C=O) groups is 1. The van der Waals surface area contributed by atoms with Crippen molar-refractivity contribution in [2.45, 2.75) is 6.92 Å². The van der Waals surface area contributed by atoms with E-state index in [1.807, 2.05) is 6.92 Å². The summed E-state index contributed by atoms with van der Waals surface area (Å²) in [7, 11) is 1.69. The fraction of sp³-hybridized carbons (Fsp3) is 0.429. The Morgan fingerprint density at radius 1 is 1.77 bits per heavy atom. The molecule has 0 aliphatic carbocycles. The Morgan fingerprint density at radius 3 is 2.85 bits per heavy atom. The molecular weight excluding hydrogens is 212 g/mol. The number of nitrogens with zero attached hydrogens (tertiary/aromatic N) is 2. The molecule has 0 amide bonds. The number of halogens is 1. The summed E-state index contributed by atoms with van der Waals surface area (Å²) in [5, 5.41) is 3.29. The number of ether oxygens (including phenoxy) is 1. The van der Waals surface area contributed by atoms with Crippen LogP contribution >= 0.6 is 25.1 Å². The summed E-state index contributed by atoms with van der Waals surface area (Å²) < 4.78 is 6.64. The van der Waals surface area contributed by atoms with Crippen LogP contribution in [0.25, 0.3) is 0 Å². The first-order valence-electron chi connectivity index (χ1n) is 3.51. The predicted molar refractivity (Wildman–Crippen MR) is 54.9 cm³/mol. The minimum absolute atomic E-state index is 0. The molecule has 4 nitrogen and oxygen atoms in total. The van der Waals surface area contributed by atoms with Crippen LogP contribution in [0.5, 0.6) is 5.88 Å². The number of carbonyl (C=O) groups excluding carboxylic acids is 1. The zero-order valence-corrected chi connectivity index (χ0v) is 9.13. The van der Waals surface area contributed by atoms with Crippen LogP contribution in [0.2, 0.25) is 0 Å². The summed E-state index contributed by atoms with van der Waals surface area (Å²) >= 11 is 5.29. The minimum Gasteiger partial charge on any atom is -0.478 e. The average Bonchev–Trinajstić information content (AvgIpc) is 2.34. The largest absolute Gasteiger partial charge is 0.478 e. The highest BCUT2D eigenvalue weighted by atomic mass is 35.5. The first kappa shape index (κ1) is 12.3. The molecule has 0 radical (unpaired) electrons. The second kappa shape index (κ2) is 5.14. The molecule has 1 heterocycles. The number of hydrogen-bond acceptors (Lipinski definition) is 3. The van der Waals surface area contributed by atoms with Gasteiger partial charge in [-0.3, -0.25) is 4.79 Å². The Labute approximate surface area is 88.3 Å². The lowest BCUT2D eigenvalue weighted by atomic mass is 10.4. The maximum absolute atomic E-state index is 10.8. The Balaban J connectivity index is 0.00000144. The van der Waals surface area contributed by atoms with Crippen LogP contribution < -0.4 is 4.74 Å². The zero-order valence-electron chi connectivity index (χ0n) is 7.37. The van der Waals surface area contributed by atoms with Crippen molar-refractivity contribution in [2.24, 2.45) is 7.05 Å². The van der Waals surface area contributed by atoms with Crippen molar-refractivity contribution in [3.8, 4) is 5.88 Å². The second-order valence-electron chi connectivity index (χ2n) is 2.19. The summed E-state index contributed by atoms with van der Waals surface area (Å²) in [5.41, 5.74) is 0.306. The summed E-state index contributed by atoms with van der Waals surface area (Å²) in [6.07, 6.45) is 1.39. The van der Waals surface area contributed by atoms with Gasteiger partial charge in [0.1, 0.15) is 5.56 Å². The summed E-state index contributed by atoms with van der Waals surface area (Å²) in [5.74, 6) is 0.414. The van der Waals surface area contributed by atoms with Crippen molar-refractivity contribution < 1.29 is 9.53 Å². The third-order valence-electron chi connectivity index (χ3n) is 1.38. The maximum Gasteiger partial charge on any atom is 0.259 e. The van der Waals surface area contributed by atoms with Gasteiger partial charge in [0.05, 0.1) is 12.8 Å². The SMILES string of the molecule is CCOc1c(C(=O)Cl)cnn1C.S. The van der Waals surface area contributed by atoms with E-state index >= 15 is 0 Å². The van der Waals surface area contributed by atoms with Gasteiger partial charge in [-0.05, 0) is 18.5 Å². The van der Waals surface area contributed by atoms with Crippen LogP contribution in [0.15, 0.2) is 6.20 Å². The molecule has 1 aromatic rings. The fourth-order valence-electron chi connectivity index (χ4n) is 0.869. The Hall–Kier alpha value is -0.680. The Kier molecular flexibility index (Phi) is 4.87. The van der Waals surface area contributed by atoms with E-state index in [9.17, 15) is 4.79 Å². The van der Waals surface area contributed by atoms with E-state index in [1.165, 1.54) is 10.9 Å². The fourth-order valence-corrected chi connectivity index (χ4v) is 0.999. The van der Waals surface area contributed by atoms with Crippen LogP contribution in [0, 0.1) is 0 Å². The monoisotopic (exact) mass is 222 g/mol. The summed E-state index contributed by atoms with van der Waals surface area (Å²) in [6, 6.07) is 0. The van der Waals surface area contributed by atoms with Crippen LogP contribution in [0.3, 0.4) is 0 Å². The van der Waals surface area contributed by atoms with Crippen molar-refractivity contribution in [3.05, 3.63) is 11.8 Å². The predicted octanol–water partition coefficient (Wildman–Crippen LogP) is 1.31. The standard InChI is InChI=1S/C7H9ClN2O2.H2S/c1-3-12-7-5(6(8)11)4-9-10(7)2;/h4H,3H2,1-2H3;1H2. The van der Waals surface area contributed by atoms with Crippen molar-refractivity contribution in [1.82, 2.24) is 9.78 Å². The number of aromatic nitrogens is 2. The van der Waals surface area contributed by atoms with Gasteiger partial charge in [0.15, 0.2) is 0 Å². The van der Waals surface area contributed by atoms with Crippen molar-refractivity contribution in [1.29, 1.82) is 0 Å². The second-order valence-corrected chi connectivity index (χ2v) is 2.54. The van der Waals surface area contributed by atoms with Crippen molar-refractivity contribution in [3.63, 3.8) is 0 Å². The van der Waals surface area contributed by atoms with E-state index in [1.54, 1.807) is 7.05 Å². The van der Waals surface area contributed by atoms with Gasteiger partial charge in [-0.15, -0.1) is 0 Å². The lowest BCUT2D eigenvalue weighted by Crippen LogP contribution is -2.02. The van der Waals surface area contributed by atoms with E-state index < -0.39 is 5.24 Å². The normalized spacial score (nSPS) is 9.15. The highest BCUT2D eigenvalue weighted by Gasteiger charge is 2.14. The molecule has 0 aromatic carbocycles. The van der Waals surface area contributed by atoms with E-state index in [4.69, 9.17) is 16.3 Å². The van der Waals surface area contributed by atoms with Gasteiger partial charge < -0.3 is 4.74 Å². The van der Waals surface area contributed by atoms with E-state index in [0.717, 1.165) is 0 Å². The molecule has 0 spiro atoms. The molecule has 0 atom stereocenters. The third kappa shape index (κ3) is 2.63. The van der Waals surface area contributed by atoms with Gasteiger partial charge >= 0.3 is 0 Å². The molecule has 0 aliphatic heterocycles. The number of aryl methyl sites for hydroxylation is 1. The maximum atomic E-state index is 10.8. The van der Waals surface area contributed by atoms with Crippen LogP contribution in [0.4, 0.5) is 0 Å². The lowest BCUT2D eigenvalue weighted by molar-refractivity contribution is 0.107. The Morgan fingerprint density at radius 2 is 2.38 bits per heavy atom. The van der Waals surface area contributed by atoms with Gasteiger partial charge in [0, 0.05) is 7.05 Å². The molecule has 0 fully saturated rings. The van der Waals surface area contributed by atoms with Crippen LogP contribution in [-0.2, 0) is 7.05 Å². The summed E-state index contributed by atoms with van der Waals surface area (Å²) in [4.78, 5) is 10.8. The highest BCUT2D eigenvalue weighted by Crippen LogP contribution is 2.18. The first-order valence-corrected chi connectivity index (χ1v) is 3.89. The van der Waals surface area contributed by atoms with Gasteiger partial charge in [-0.2, -0.15) is 18.6 Å². The Bertz CT molecular complexity index is 301. The molecule has 6 heteroatoms. The topological polar surface area (TPSA) is 44.1 Å². The smallest absolute Gasteiger partial charge is 0.259 e. The molecule has 1 aromatic heterocycles. The zero-order chi connectivity index (χ0) is 9.14. The highest BCUT2D eigenvalue weighted by molar-refractivity contribution is 7.59. The molecule has 74 valence electrons. The average molecular weight is 223 g/mol. The van der Waals surface area contributed by atoms with Gasteiger partial charge in [-0.25, -0.2) is 4.68 Å². The molecule has 1 rings (SSSR count). The minimum atomic E-state index is -0.549. The van der Waals surface area contributed by atoms with Gasteiger partial charge in [0.25, 0.3) is 5.24 Å². The third-order valence-corrected chi connectivity index (χ3v) is 1.58. The molecule has 0 saturated carbocycles. The molecule has 13 heavy (non-hydrogen) atoms. The summed E-state index contributed by atoms with van der Waals surface area (Å²) in [6.45, 7) is 2.31. The van der Waals surface area contributed by atoms with E-state index in [-0.39, 0.29) is 13.5 Å². The number of hydrogen-bond donors (Lipinski definition) is 0. The molecule has 0 N–H and O–H groups in total. The first-order chi connectivity index (χ1) is 5.66.